The first-order valence-electron chi connectivity index (χ1n) is 4.17. The van der Waals surface area contributed by atoms with Crippen LogP contribution in [0.25, 0.3) is 0 Å². The summed E-state index contributed by atoms with van der Waals surface area (Å²) in [4.78, 5) is 32.6. The van der Waals surface area contributed by atoms with Crippen LogP contribution < -0.4 is 21.9 Å². The number of nitrogens with two attached hydrogens (primary N) is 1. The van der Waals surface area contributed by atoms with Crippen molar-refractivity contribution in [2.24, 2.45) is 5.84 Å². The molecule has 0 atom stereocenters. The maximum Gasteiger partial charge on any atom is 0.253 e. The van der Waals surface area contributed by atoms with Crippen LogP contribution in [0, 0.1) is 0 Å². The van der Waals surface area contributed by atoms with E-state index in [1.54, 1.807) is 0 Å². The van der Waals surface area contributed by atoms with Gasteiger partial charge in [0.05, 0.1) is 13.1 Å². The molecule has 0 aromatic rings. The van der Waals surface area contributed by atoms with Gasteiger partial charge in [0.2, 0.25) is 11.8 Å². The first-order chi connectivity index (χ1) is 6.97. The summed E-state index contributed by atoms with van der Waals surface area (Å²) in [5.41, 5.74) is 2.16. The molecule has 0 aromatic carbocycles. The van der Waals surface area contributed by atoms with E-state index in [4.69, 9.17) is 5.84 Å². The second-order valence-corrected chi connectivity index (χ2v) is 2.81. The smallest absolute Gasteiger partial charge is 0.253 e. The lowest BCUT2D eigenvalue weighted by molar-refractivity contribution is -0.126. The fourth-order valence-corrected chi connectivity index (χ4v) is 0.604. The predicted molar refractivity (Wildman–Crippen MR) is 53.2 cm³/mol. The van der Waals surface area contributed by atoms with Crippen LogP contribution in [-0.2, 0) is 14.4 Å². The van der Waals surface area contributed by atoms with Crippen molar-refractivity contribution in [1.82, 2.24) is 16.1 Å². The Hall–Kier alpha value is -1.89. The van der Waals surface area contributed by atoms with Crippen LogP contribution in [-0.4, -0.2) is 30.8 Å². The van der Waals surface area contributed by atoms with Gasteiger partial charge < -0.3 is 10.6 Å². The lowest BCUT2D eigenvalue weighted by Gasteiger charge is -2.05. The zero-order valence-electron chi connectivity index (χ0n) is 8.42. The van der Waals surface area contributed by atoms with Crippen LogP contribution in [0.15, 0.2) is 12.2 Å². The van der Waals surface area contributed by atoms with Crippen LogP contribution >= 0.6 is 0 Å². The first kappa shape index (κ1) is 13.1. The molecule has 0 saturated carbocycles. The van der Waals surface area contributed by atoms with Crippen molar-refractivity contribution >= 4 is 17.7 Å². The Balaban J connectivity index is 3.71. The number of rotatable bonds is 5. The third-order valence-electron chi connectivity index (χ3n) is 1.40. The van der Waals surface area contributed by atoms with E-state index < -0.39 is 17.7 Å². The van der Waals surface area contributed by atoms with Gasteiger partial charge in [0, 0.05) is 5.57 Å². The largest absolute Gasteiger partial charge is 0.345 e. The van der Waals surface area contributed by atoms with Crippen molar-refractivity contribution in [2.75, 3.05) is 13.1 Å². The number of nitrogens with one attached hydrogen (secondary N) is 3. The van der Waals surface area contributed by atoms with Gasteiger partial charge in [-0.2, -0.15) is 0 Å². The highest BCUT2D eigenvalue weighted by atomic mass is 16.2. The van der Waals surface area contributed by atoms with Crippen molar-refractivity contribution in [1.29, 1.82) is 0 Å². The van der Waals surface area contributed by atoms with Gasteiger partial charge in [-0.25, -0.2) is 5.84 Å². The topological polar surface area (TPSA) is 113 Å². The fourth-order valence-electron chi connectivity index (χ4n) is 0.604. The van der Waals surface area contributed by atoms with E-state index in [1.165, 1.54) is 6.92 Å². The number of carbonyl (C=O) groups is 3. The molecule has 0 fully saturated rings. The van der Waals surface area contributed by atoms with Crippen LogP contribution in [0.2, 0.25) is 0 Å². The summed E-state index contributed by atoms with van der Waals surface area (Å²) in [5.74, 6) is 3.38. The highest BCUT2D eigenvalue weighted by Crippen LogP contribution is 1.83. The Morgan fingerprint density at radius 2 is 1.67 bits per heavy atom. The number of hydrogen-bond donors (Lipinski definition) is 4. The molecule has 0 heterocycles. The van der Waals surface area contributed by atoms with E-state index in [0.717, 1.165) is 0 Å². The van der Waals surface area contributed by atoms with Crippen LogP contribution in [0.1, 0.15) is 6.92 Å². The van der Waals surface area contributed by atoms with Crippen molar-refractivity contribution in [3.8, 4) is 0 Å². The fraction of sp³-hybridized carbons (Fsp3) is 0.375. The van der Waals surface area contributed by atoms with E-state index in [-0.39, 0.29) is 13.1 Å². The Morgan fingerprint density at radius 3 is 2.13 bits per heavy atom. The maximum atomic E-state index is 11.0. The highest BCUT2D eigenvalue weighted by Gasteiger charge is 2.06. The zero-order chi connectivity index (χ0) is 11.8. The standard InChI is InChI=1S/C8H14N4O3/c1-5(2)8(15)11-3-6(13)10-4-7(14)12-9/h1,3-4,9H2,2H3,(H,10,13)(H,11,15)(H,12,14). The van der Waals surface area contributed by atoms with E-state index in [9.17, 15) is 14.4 Å². The summed E-state index contributed by atoms with van der Waals surface area (Å²) in [6.45, 7) is 4.49. The lowest BCUT2D eigenvalue weighted by atomic mass is 10.3. The van der Waals surface area contributed by atoms with Crippen LogP contribution in [0.4, 0.5) is 0 Å². The third kappa shape index (κ3) is 6.22. The lowest BCUT2D eigenvalue weighted by Crippen LogP contribution is -2.43. The molecule has 0 spiro atoms. The molecule has 84 valence electrons. The Bertz CT molecular complexity index is 288. The summed E-state index contributed by atoms with van der Waals surface area (Å²) in [7, 11) is 0. The monoisotopic (exact) mass is 214 g/mol. The average molecular weight is 214 g/mol. The molecule has 0 aromatic heterocycles. The first-order valence-corrected chi connectivity index (χ1v) is 4.17. The molecule has 0 aliphatic heterocycles. The quantitative estimate of drug-likeness (QED) is 0.180. The molecule has 7 nitrogen and oxygen atoms in total. The minimum absolute atomic E-state index is 0.205. The normalized spacial score (nSPS) is 8.93. The molecule has 5 N–H and O–H groups in total. The van der Waals surface area contributed by atoms with Gasteiger partial charge in [0.1, 0.15) is 0 Å². The summed E-state index contributed by atoms with van der Waals surface area (Å²) in [6, 6.07) is 0. The van der Waals surface area contributed by atoms with Gasteiger partial charge >= 0.3 is 0 Å². The minimum Gasteiger partial charge on any atom is -0.345 e. The van der Waals surface area contributed by atoms with E-state index in [1.807, 2.05) is 5.43 Å². The minimum atomic E-state index is -0.519. The number of hydrogen-bond acceptors (Lipinski definition) is 4. The van der Waals surface area contributed by atoms with Crippen molar-refractivity contribution in [3.63, 3.8) is 0 Å². The van der Waals surface area contributed by atoms with E-state index >= 15 is 0 Å². The molecular formula is C8H14N4O3. The maximum absolute atomic E-state index is 11.0. The van der Waals surface area contributed by atoms with Gasteiger partial charge in [0.15, 0.2) is 0 Å². The molecule has 3 amide bonds. The molecule has 0 radical (unpaired) electrons. The SMILES string of the molecule is C=C(C)C(=O)NCC(=O)NCC(=O)NN. The summed E-state index contributed by atoms with van der Waals surface area (Å²) >= 11 is 0. The van der Waals surface area contributed by atoms with Crippen molar-refractivity contribution in [3.05, 3.63) is 12.2 Å². The molecular weight excluding hydrogens is 200 g/mol. The average Bonchev–Trinajstić information content (AvgIpc) is 2.21. The number of carbonyl (C=O) groups excluding carboxylic acids is 3. The molecule has 0 rings (SSSR count). The Labute approximate surface area is 87.0 Å². The summed E-state index contributed by atoms with van der Waals surface area (Å²) in [5, 5.41) is 4.56. The molecule has 15 heavy (non-hydrogen) atoms. The second-order valence-electron chi connectivity index (χ2n) is 2.81. The summed E-state index contributed by atoms with van der Waals surface area (Å²) in [6.07, 6.45) is 0. The van der Waals surface area contributed by atoms with Gasteiger partial charge in [-0.1, -0.05) is 6.58 Å². The number of amides is 3. The van der Waals surface area contributed by atoms with Gasteiger partial charge in [-0.15, -0.1) is 0 Å². The van der Waals surface area contributed by atoms with Crippen LogP contribution in [0.5, 0.6) is 0 Å². The molecule has 0 bridgehead atoms. The summed E-state index contributed by atoms with van der Waals surface area (Å²) < 4.78 is 0. The van der Waals surface area contributed by atoms with Crippen LogP contribution in [0.3, 0.4) is 0 Å². The molecule has 0 unspecified atom stereocenters. The van der Waals surface area contributed by atoms with Gasteiger partial charge in [-0.3, -0.25) is 19.8 Å². The molecule has 0 aliphatic rings. The van der Waals surface area contributed by atoms with Crippen molar-refractivity contribution < 1.29 is 14.4 Å². The molecule has 7 heteroatoms. The molecule has 0 aliphatic carbocycles. The second kappa shape index (κ2) is 6.55. The third-order valence-corrected chi connectivity index (χ3v) is 1.40. The van der Waals surface area contributed by atoms with E-state index in [0.29, 0.717) is 5.57 Å². The van der Waals surface area contributed by atoms with Gasteiger partial charge in [0.25, 0.3) is 5.91 Å². The van der Waals surface area contributed by atoms with Crippen molar-refractivity contribution in [2.45, 2.75) is 6.92 Å². The molecule has 0 saturated heterocycles. The Kier molecular flexibility index (Phi) is 5.72. The predicted octanol–water partition coefficient (Wildman–Crippen LogP) is -2.22. The highest BCUT2D eigenvalue weighted by molar-refractivity contribution is 5.95. The van der Waals surface area contributed by atoms with E-state index in [2.05, 4.69) is 17.2 Å². The Morgan fingerprint density at radius 1 is 1.13 bits per heavy atom. The zero-order valence-corrected chi connectivity index (χ0v) is 8.42. The number of hydrazine groups is 1. The van der Waals surface area contributed by atoms with Gasteiger partial charge in [-0.05, 0) is 6.92 Å².